The zero-order valence-corrected chi connectivity index (χ0v) is 22.2. The van der Waals surface area contributed by atoms with E-state index in [4.69, 9.17) is 0 Å². The van der Waals surface area contributed by atoms with Gasteiger partial charge in [-0.25, -0.2) is 4.79 Å². The summed E-state index contributed by atoms with van der Waals surface area (Å²) in [4.78, 5) is 14.6. The summed E-state index contributed by atoms with van der Waals surface area (Å²) in [6, 6.07) is 12.6. The van der Waals surface area contributed by atoms with Gasteiger partial charge in [0.1, 0.15) is 0 Å². The third-order valence-electron chi connectivity index (χ3n) is 9.22. The van der Waals surface area contributed by atoms with Crippen LogP contribution in [0.1, 0.15) is 78.8 Å². The van der Waals surface area contributed by atoms with E-state index in [1.165, 1.54) is 103 Å². The Morgan fingerprint density at radius 3 is 2.53 bits per heavy atom. The summed E-state index contributed by atoms with van der Waals surface area (Å²) in [6.07, 6.45) is 12.6. The van der Waals surface area contributed by atoms with E-state index in [1.807, 2.05) is 6.07 Å². The van der Waals surface area contributed by atoms with Crippen LogP contribution in [0, 0.1) is 0 Å². The largest absolute Gasteiger partial charge is 0.478 e. The summed E-state index contributed by atoms with van der Waals surface area (Å²) in [5.74, 6) is -0.373. The van der Waals surface area contributed by atoms with Crippen molar-refractivity contribution >= 4 is 27.8 Å². The lowest BCUT2D eigenvalue weighted by Crippen LogP contribution is -2.28. The minimum atomic E-state index is -0.871. The first-order chi connectivity index (χ1) is 18.6. The third kappa shape index (κ3) is 3.90. The Hall–Kier alpha value is -3.31. The normalized spacial score (nSPS) is 19.0. The van der Waals surface area contributed by atoms with Crippen LogP contribution in [-0.4, -0.2) is 38.2 Å². The van der Waals surface area contributed by atoms with E-state index in [0.29, 0.717) is 18.0 Å². The third-order valence-corrected chi connectivity index (χ3v) is 9.22. The first-order valence-corrected chi connectivity index (χ1v) is 14.5. The number of aromatic carboxylic acids is 1. The predicted octanol–water partition coefficient (Wildman–Crippen LogP) is 7.56. The van der Waals surface area contributed by atoms with Crippen LogP contribution in [0.15, 0.2) is 54.7 Å². The highest BCUT2D eigenvalue weighted by Crippen LogP contribution is 2.47. The number of allylic oxidation sites excluding steroid dienone is 1. The highest BCUT2D eigenvalue weighted by Gasteiger charge is 2.30. The topological polar surface area (TPSA) is 50.4 Å². The van der Waals surface area contributed by atoms with E-state index >= 15 is 0 Å². The molecule has 5 heteroatoms. The first-order valence-electron chi connectivity index (χ1n) is 14.5. The fourth-order valence-corrected chi connectivity index (χ4v) is 7.52. The number of nitrogens with zero attached hydrogens (tertiary/aromatic N) is 3. The Morgan fingerprint density at radius 1 is 0.947 bits per heavy atom. The molecule has 0 radical (unpaired) electrons. The predicted molar refractivity (Wildman–Crippen MR) is 154 cm³/mol. The summed E-state index contributed by atoms with van der Waals surface area (Å²) < 4.78 is 4.84. The van der Waals surface area contributed by atoms with Crippen molar-refractivity contribution in [2.24, 2.45) is 0 Å². The summed E-state index contributed by atoms with van der Waals surface area (Å²) in [5.41, 5.74) is 9.24. The number of fused-ring (bicyclic) bond motifs is 4. The average molecular weight is 508 g/mol. The molecule has 1 saturated carbocycles. The Labute approximate surface area is 224 Å². The van der Waals surface area contributed by atoms with Gasteiger partial charge < -0.3 is 14.2 Å². The lowest BCUT2D eigenvalue weighted by molar-refractivity contribution is 0.0697. The zero-order chi connectivity index (χ0) is 25.8. The summed E-state index contributed by atoms with van der Waals surface area (Å²) in [7, 11) is 0. The number of carboxylic acids is 1. The molecule has 38 heavy (non-hydrogen) atoms. The van der Waals surface area contributed by atoms with Gasteiger partial charge in [0, 0.05) is 47.7 Å². The number of rotatable bonds is 4. The minimum Gasteiger partial charge on any atom is -0.478 e. The highest BCUT2D eigenvalue weighted by atomic mass is 16.4. The molecule has 2 fully saturated rings. The van der Waals surface area contributed by atoms with Gasteiger partial charge in [-0.15, -0.1) is 0 Å². The van der Waals surface area contributed by atoms with Gasteiger partial charge in [0.2, 0.25) is 0 Å². The van der Waals surface area contributed by atoms with Crippen LogP contribution >= 0.6 is 0 Å². The van der Waals surface area contributed by atoms with Gasteiger partial charge in [0.05, 0.1) is 16.8 Å². The van der Waals surface area contributed by atoms with Crippen molar-refractivity contribution in [1.82, 2.24) is 14.0 Å². The second kappa shape index (κ2) is 9.46. The number of piperidine rings is 1. The van der Waals surface area contributed by atoms with Crippen LogP contribution in [0.25, 0.3) is 33.1 Å². The molecule has 3 aliphatic rings. The molecule has 4 aromatic rings. The lowest BCUT2D eigenvalue weighted by atomic mass is 9.81. The molecular formula is C33H37N3O2. The second-order valence-corrected chi connectivity index (χ2v) is 11.8. The Balaban J connectivity index is 1.49. The number of carboxylic acid groups (broad SMARTS) is 1. The number of aromatic nitrogens is 2. The average Bonchev–Trinajstić information content (AvgIpc) is 3.43. The molecular weight excluding hydrogens is 470 g/mol. The number of para-hydroxylation sites is 1. The van der Waals surface area contributed by atoms with Crippen molar-refractivity contribution in [2.45, 2.75) is 76.9 Å². The molecule has 1 saturated heterocycles. The van der Waals surface area contributed by atoms with Crippen LogP contribution in [0.3, 0.4) is 0 Å². The summed E-state index contributed by atoms with van der Waals surface area (Å²) in [5, 5.41) is 12.4. The quantitative estimate of drug-likeness (QED) is 0.290. The Kier molecular flexibility index (Phi) is 5.92. The van der Waals surface area contributed by atoms with Gasteiger partial charge in [-0.05, 0) is 73.5 Å². The second-order valence-electron chi connectivity index (χ2n) is 11.8. The molecule has 4 heterocycles. The Morgan fingerprint density at radius 2 is 1.74 bits per heavy atom. The van der Waals surface area contributed by atoms with Gasteiger partial charge in [-0.2, -0.15) is 0 Å². The molecule has 1 aliphatic carbocycles. The highest BCUT2D eigenvalue weighted by molar-refractivity contribution is 6.03. The van der Waals surface area contributed by atoms with Crippen molar-refractivity contribution < 1.29 is 9.90 Å². The minimum absolute atomic E-state index is 0.353. The molecule has 0 unspecified atom stereocenters. The molecule has 196 valence electrons. The van der Waals surface area contributed by atoms with Gasteiger partial charge in [-0.1, -0.05) is 56.5 Å². The number of benzene rings is 2. The maximum absolute atomic E-state index is 12.0. The van der Waals surface area contributed by atoms with Crippen LogP contribution in [0.2, 0.25) is 0 Å². The first kappa shape index (κ1) is 23.8. The van der Waals surface area contributed by atoms with Gasteiger partial charge >= 0.3 is 5.97 Å². The van der Waals surface area contributed by atoms with Crippen molar-refractivity contribution in [2.75, 3.05) is 13.1 Å². The SMILES string of the molecule is C=C1Cn2cc(CN3CCCCC3)c3cccc(c32)-c2c(C3CCCCC3)c3ccc(C(=O)O)cc3n2C1. The van der Waals surface area contributed by atoms with Crippen molar-refractivity contribution in [3.05, 3.63) is 71.4 Å². The van der Waals surface area contributed by atoms with Crippen molar-refractivity contribution in [3.8, 4) is 11.3 Å². The standard InChI is InChI=1S/C33H37N3O2/c1-22-18-35-21-25(20-34-15-6-3-7-16-34)26-11-8-12-28(31(26)35)32-30(23-9-4-2-5-10-23)27-14-13-24(33(37)38)17-29(27)36(32)19-22/h8,11-14,17,21,23H,1-7,9-10,15-16,18-20H2,(H,37,38). The molecule has 7 rings (SSSR count). The molecule has 2 aliphatic heterocycles. The molecule has 0 amide bonds. The molecule has 2 aromatic carbocycles. The van der Waals surface area contributed by atoms with Crippen molar-refractivity contribution in [1.29, 1.82) is 0 Å². The van der Waals surface area contributed by atoms with Crippen molar-refractivity contribution in [3.63, 3.8) is 0 Å². The van der Waals surface area contributed by atoms with E-state index in [0.717, 1.165) is 24.2 Å². The maximum Gasteiger partial charge on any atom is 0.335 e. The monoisotopic (exact) mass is 507 g/mol. The fourth-order valence-electron chi connectivity index (χ4n) is 7.52. The van der Waals surface area contributed by atoms with Gasteiger partial charge in [0.15, 0.2) is 0 Å². The number of likely N-dealkylation sites (tertiary alicyclic amines) is 1. The molecule has 0 spiro atoms. The molecule has 2 aromatic heterocycles. The Bertz CT molecular complexity index is 1560. The zero-order valence-electron chi connectivity index (χ0n) is 22.2. The van der Waals surface area contributed by atoms with E-state index in [2.05, 4.69) is 51.1 Å². The summed E-state index contributed by atoms with van der Waals surface area (Å²) in [6.45, 7) is 9.38. The summed E-state index contributed by atoms with van der Waals surface area (Å²) >= 11 is 0. The number of hydrogen-bond acceptors (Lipinski definition) is 2. The van der Waals surface area contributed by atoms with E-state index < -0.39 is 5.97 Å². The van der Waals surface area contributed by atoms with Crippen LogP contribution in [0.5, 0.6) is 0 Å². The van der Waals surface area contributed by atoms with E-state index in [9.17, 15) is 9.90 Å². The maximum atomic E-state index is 12.0. The molecule has 0 bridgehead atoms. The van der Waals surface area contributed by atoms with E-state index in [1.54, 1.807) is 6.07 Å². The fraction of sp³-hybridized carbons (Fsp3) is 0.424. The van der Waals surface area contributed by atoms with Gasteiger partial charge in [0.25, 0.3) is 0 Å². The number of carbonyl (C=O) groups is 1. The van der Waals surface area contributed by atoms with Crippen LogP contribution in [0.4, 0.5) is 0 Å². The smallest absolute Gasteiger partial charge is 0.335 e. The number of hydrogen-bond donors (Lipinski definition) is 1. The van der Waals surface area contributed by atoms with Crippen LogP contribution < -0.4 is 0 Å². The van der Waals surface area contributed by atoms with Gasteiger partial charge in [-0.3, -0.25) is 4.90 Å². The van der Waals surface area contributed by atoms with E-state index in [-0.39, 0.29) is 0 Å². The molecule has 5 nitrogen and oxygen atoms in total. The molecule has 0 atom stereocenters. The lowest BCUT2D eigenvalue weighted by Gasteiger charge is -2.26. The molecule has 1 N–H and O–H groups in total. The van der Waals surface area contributed by atoms with Crippen LogP contribution in [-0.2, 0) is 19.6 Å².